The minimum absolute atomic E-state index is 0.0814. The normalized spacial score (nSPS) is 22.8. The van der Waals surface area contributed by atoms with Gasteiger partial charge in [0.15, 0.2) is 0 Å². The number of aromatic nitrogens is 2. The standard InChI is InChI=1S/C17H22N4O3/c22-17(13-4-5-15-16(11-13)19-24-18-15)21-6-2-1-3-14(21)12-20-7-9-23-10-8-20/h4-5,11,14H,1-3,6-10,12H2/t14-/m1/s1. The molecule has 0 aliphatic carbocycles. The Balaban J connectivity index is 1.51. The number of likely N-dealkylation sites (tertiary alicyclic amines) is 1. The fraction of sp³-hybridized carbons (Fsp3) is 0.588. The van der Waals surface area contributed by atoms with Crippen molar-refractivity contribution in [3.63, 3.8) is 0 Å². The first-order chi connectivity index (χ1) is 11.8. The van der Waals surface area contributed by atoms with Crippen molar-refractivity contribution in [2.24, 2.45) is 0 Å². The molecule has 1 amide bonds. The van der Waals surface area contributed by atoms with Gasteiger partial charge in [0, 0.05) is 37.8 Å². The van der Waals surface area contributed by atoms with Crippen LogP contribution in [0.15, 0.2) is 22.8 Å². The summed E-state index contributed by atoms with van der Waals surface area (Å²) in [7, 11) is 0. The van der Waals surface area contributed by atoms with Gasteiger partial charge in [0.05, 0.1) is 13.2 Å². The summed E-state index contributed by atoms with van der Waals surface area (Å²) in [5.74, 6) is 0.0814. The Bertz CT molecular complexity index is 711. The number of fused-ring (bicyclic) bond motifs is 1. The van der Waals surface area contributed by atoms with Crippen LogP contribution in [0.3, 0.4) is 0 Å². The van der Waals surface area contributed by atoms with E-state index in [0.29, 0.717) is 16.6 Å². The third kappa shape index (κ3) is 3.14. The van der Waals surface area contributed by atoms with E-state index in [1.807, 2.05) is 11.0 Å². The lowest BCUT2D eigenvalue weighted by molar-refractivity contribution is 0.0166. The number of hydrogen-bond donors (Lipinski definition) is 0. The summed E-state index contributed by atoms with van der Waals surface area (Å²) < 4.78 is 10.1. The number of morpholine rings is 1. The van der Waals surface area contributed by atoms with Crippen molar-refractivity contribution in [2.75, 3.05) is 39.4 Å². The van der Waals surface area contributed by atoms with E-state index in [9.17, 15) is 4.79 Å². The molecule has 24 heavy (non-hydrogen) atoms. The Hall–Kier alpha value is -1.99. The van der Waals surface area contributed by atoms with E-state index in [2.05, 4.69) is 15.2 Å². The quantitative estimate of drug-likeness (QED) is 0.850. The number of ether oxygens (including phenoxy) is 1. The molecule has 0 bridgehead atoms. The monoisotopic (exact) mass is 330 g/mol. The zero-order chi connectivity index (χ0) is 16.4. The van der Waals surface area contributed by atoms with E-state index < -0.39 is 0 Å². The highest BCUT2D eigenvalue weighted by Crippen LogP contribution is 2.22. The molecule has 3 heterocycles. The number of piperidine rings is 1. The van der Waals surface area contributed by atoms with Crippen molar-refractivity contribution < 1.29 is 14.2 Å². The van der Waals surface area contributed by atoms with Gasteiger partial charge in [-0.2, -0.15) is 0 Å². The molecule has 4 rings (SSSR count). The number of carbonyl (C=O) groups is 1. The maximum atomic E-state index is 13.0. The molecular formula is C17H22N4O3. The molecule has 2 saturated heterocycles. The van der Waals surface area contributed by atoms with Gasteiger partial charge < -0.3 is 9.64 Å². The molecule has 2 aromatic rings. The molecule has 1 aromatic heterocycles. The summed E-state index contributed by atoms with van der Waals surface area (Å²) in [5.41, 5.74) is 1.96. The second kappa shape index (κ2) is 6.86. The SMILES string of the molecule is O=C(c1ccc2nonc2c1)N1CCCC[C@@H]1CN1CCOCC1. The second-order valence-corrected chi connectivity index (χ2v) is 6.53. The maximum absolute atomic E-state index is 13.0. The van der Waals surface area contributed by atoms with Crippen LogP contribution in [0, 0.1) is 0 Å². The molecule has 0 spiro atoms. The van der Waals surface area contributed by atoms with Crippen molar-refractivity contribution in [3.8, 4) is 0 Å². The maximum Gasteiger partial charge on any atom is 0.254 e. The third-order valence-corrected chi connectivity index (χ3v) is 4.96. The first-order valence-corrected chi connectivity index (χ1v) is 8.65. The highest BCUT2D eigenvalue weighted by atomic mass is 16.6. The van der Waals surface area contributed by atoms with E-state index in [0.717, 1.165) is 52.2 Å². The van der Waals surface area contributed by atoms with Crippen LogP contribution in [0.5, 0.6) is 0 Å². The Morgan fingerprint density at radius 2 is 1.96 bits per heavy atom. The Morgan fingerprint density at radius 3 is 2.83 bits per heavy atom. The van der Waals surface area contributed by atoms with Crippen molar-refractivity contribution in [2.45, 2.75) is 25.3 Å². The molecule has 0 radical (unpaired) electrons. The number of rotatable bonds is 3. The fourth-order valence-electron chi connectivity index (χ4n) is 3.62. The summed E-state index contributed by atoms with van der Waals surface area (Å²) in [4.78, 5) is 17.5. The summed E-state index contributed by atoms with van der Waals surface area (Å²) >= 11 is 0. The smallest absolute Gasteiger partial charge is 0.254 e. The third-order valence-electron chi connectivity index (χ3n) is 4.96. The summed E-state index contributed by atoms with van der Waals surface area (Å²) in [5, 5.41) is 7.63. The van der Waals surface area contributed by atoms with E-state index in [4.69, 9.17) is 9.37 Å². The van der Waals surface area contributed by atoms with Crippen LogP contribution in [0.25, 0.3) is 11.0 Å². The van der Waals surface area contributed by atoms with E-state index in [1.165, 1.54) is 6.42 Å². The molecule has 0 saturated carbocycles. The molecule has 1 atom stereocenters. The molecule has 1 aromatic carbocycles. The van der Waals surface area contributed by atoms with Crippen LogP contribution in [-0.2, 0) is 4.74 Å². The molecule has 7 nitrogen and oxygen atoms in total. The zero-order valence-corrected chi connectivity index (χ0v) is 13.7. The van der Waals surface area contributed by atoms with Gasteiger partial charge in [0.25, 0.3) is 5.91 Å². The van der Waals surface area contributed by atoms with Crippen LogP contribution < -0.4 is 0 Å². The van der Waals surface area contributed by atoms with Crippen LogP contribution in [0.2, 0.25) is 0 Å². The Kier molecular flexibility index (Phi) is 4.44. The fourth-order valence-corrected chi connectivity index (χ4v) is 3.62. The highest BCUT2D eigenvalue weighted by molar-refractivity contribution is 5.97. The van der Waals surface area contributed by atoms with Crippen LogP contribution in [0.4, 0.5) is 0 Å². The van der Waals surface area contributed by atoms with Gasteiger partial charge in [-0.05, 0) is 47.8 Å². The average molecular weight is 330 g/mol. The van der Waals surface area contributed by atoms with E-state index in [1.54, 1.807) is 12.1 Å². The number of carbonyl (C=O) groups excluding carboxylic acids is 1. The van der Waals surface area contributed by atoms with Gasteiger partial charge in [0.1, 0.15) is 11.0 Å². The van der Waals surface area contributed by atoms with Crippen molar-refractivity contribution in [3.05, 3.63) is 23.8 Å². The lowest BCUT2D eigenvalue weighted by Gasteiger charge is -2.39. The van der Waals surface area contributed by atoms with Gasteiger partial charge in [-0.25, -0.2) is 4.63 Å². The predicted octanol–water partition coefficient (Wildman–Crippen LogP) is 1.55. The highest BCUT2D eigenvalue weighted by Gasteiger charge is 2.29. The first-order valence-electron chi connectivity index (χ1n) is 8.65. The molecule has 0 N–H and O–H groups in total. The lowest BCUT2D eigenvalue weighted by atomic mass is 10.00. The Morgan fingerprint density at radius 1 is 1.12 bits per heavy atom. The number of amides is 1. The topological polar surface area (TPSA) is 71.7 Å². The van der Waals surface area contributed by atoms with Crippen LogP contribution in [-0.4, -0.2) is 71.5 Å². The summed E-state index contributed by atoms with van der Waals surface area (Å²) in [6, 6.07) is 5.65. The second-order valence-electron chi connectivity index (χ2n) is 6.53. The molecule has 7 heteroatoms. The van der Waals surface area contributed by atoms with Crippen LogP contribution >= 0.6 is 0 Å². The molecule has 2 aliphatic heterocycles. The van der Waals surface area contributed by atoms with E-state index >= 15 is 0 Å². The van der Waals surface area contributed by atoms with Gasteiger partial charge in [0.2, 0.25) is 0 Å². The van der Waals surface area contributed by atoms with Crippen LogP contribution in [0.1, 0.15) is 29.6 Å². The number of nitrogens with zero attached hydrogens (tertiary/aromatic N) is 4. The molecule has 2 fully saturated rings. The number of hydrogen-bond acceptors (Lipinski definition) is 6. The van der Waals surface area contributed by atoms with Crippen molar-refractivity contribution in [1.82, 2.24) is 20.1 Å². The van der Waals surface area contributed by atoms with Crippen molar-refractivity contribution >= 4 is 16.9 Å². The first kappa shape index (κ1) is 15.5. The average Bonchev–Trinajstić information content (AvgIpc) is 3.10. The zero-order valence-electron chi connectivity index (χ0n) is 13.7. The molecule has 128 valence electrons. The molecular weight excluding hydrogens is 308 g/mol. The summed E-state index contributed by atoms with van der Waals surface area (Å²) in [6.45, 7) is 5.24. The van der Waals surface area contributed by atoms with E-state index in [-0.39, 0.29) is 11.9 Å². The molecule has 2 aliphatic rings. The van der Waals surface area contributed by atoms with Crippen molar-refractivity contribution in [1.29, 1.82) is 0 Å². The number of benzene rings is 1. The van der Waals surface area contributed by atoms with Gasteiger partial charge in [-0.3, -0.25) is 9.69 Å². The lowest BCUT2D eigenvalue weighted by Crippen LogP contribution is -2.51. The Labute approximate surface area is 140 Å². The van der Waals surface area contributed by atoms with Gasteiger partial charge in [-0.15, -0.1) is 0 Å². The minimum Gasteiger partial charge on any atom is -0.379 e. The van der Waals surface area contributed by atoms with Gasteiger partial charge >= 0.3 is 0 Å². The largest absolute Gasteiger partial charge is 0.379 e. The van der Waals surface area contributed by atoms with Gasteiger partial charge in [-0.1, -0.05) is 0 Å². The predicted molar refractivity (Wildman–Crippen MR) is 87.7 cm³/mol. The minimum atomic E-state index is 0.0814. The summed E-state index contributed by atoms with van der Waals surface area (Å²) in [6.07, 6.45) is 3.32. The molecule has 0 unspecified atom stereocenters.